The number of benzene rings is 1. The van der Waals surface area contributed by atoms with Gasteiger partial charge >= 0.3 is 5.97 Å². The zero-order valence-electron chi connectivity index (χ0n) is 46.7. The van der Waals surface area contributed by atoms with E-state index in [4.69, 9.17) is 37.9 Å². The maximum Gasteiger partial charge on any atom is 0.312 e. The van der Waals surface area contributed by atoms with Crippen LogP contribution in [0.3, 0.4) is 0 Å². The van der Waals surface area contributed by atoms with Crippen molar-refractivity contribution >= 4 is 38.4 Å². The Labute approximate surface area is 462 Å². The second kappa shape index (κ2) is 27.1. The summed E-state index contributed by atoms with van der Waals surface area (Å²) in [5.41, 5.74) is -3.58. The van der Waals surface area contributed by atoms with Crippen LogP contribution in [0.1, 0.15) is 105 Å². The molecule has 3 fully saturated rings. The van der Waals surface area contributed by atoms with Gasteiger partial charge in [0.15, 0.2) is 26.5 Å². The molecule has 3 aliphatic heterocycles. The number of sulfone groups is 1. The molecular formula is C52H87FIN5O16S. The molecule has 1 aromatic carbocycles. The van der Waals surface area contributed by atoms with Gasteiger partial charge in [0.05, 0.1) is 64.5 Å². The van der Waals surface area contributed by atoms with E-state index in [-0.39, 0.29) is 36.0 Å². The van der Waals surface area contributed by atoms with Crippen LogP contribution in [-0.4, -0.2) is 221 Å². The van der Waals surface area contributed by atoms with Crippen LogP contribution in [-0.2, 0) is 58.9 Å². The van der Waals surface area contributed by atoms with E-state index in [0.29, 0.717) is 37.2 Å². The summed E-state index contributed by atoms with van der Waals surface area (Å²) in [7, 11) is 4.41. The number of aliphatic hydroxyl groups excluding tert-OH is 3. The van der Waals surface area contributed by atoms with E-state index in [2.05, 4.69) is 10.3 Å². The van der Waals surface area contributed by atoms with Crippen molar-refractivity contribution < 1.29 is 81.0 Å². The third kappa shape index (κ3) is 15.3. The highest BCUT2D eigenvalue weighted by Crippen LogP contribution is 2.41. The number of rotatable bonds is 18. The number of ether oxygens (including phenoxy) is 8. The van der Waals surface area contributed by atoms with Crippen molar-refractivity contribution in [1.82, 2.24) is 24.8 Å². The number of carbonyl (C=O) groups excluding carboxylic acids is 1. The number of hydrogen-bond acceptors (Lipinski definition) is 20. The molecule has 0 bridgehead atoms. The first kappa shape index (κ1) is 64.7. The molecular weight excluding hydrogens is 1130 g/mol. The van der Waals surface area contributed by atoms with Crippen LogP contribution >= 0.6 is 22.6 Å². The zero-order valence-corrected chi connectivity index (χ0v) is 49.7. The van der Waals surface area contributed by atoms with Crippen molar-refractivity contribution in [2.45, 2.75) is 193 Å². The summed E-state index contributed by atoms with van der Waals surface area (Å²) in [6.07, 6.45) is -7.69. The third-order valence-corrected chi connectivity index (χ3v) is 19.2. The van der Waals surface area contributed by atoms with Crippen LogP contribution in [0.4, 0.5) is 4.39 Å². The molecule has 21 nitrogen and oxygen atoms in total. The number of cyclic esters (lactones) is 1. The van der Waals surface area contributed by atoms with E-state index >= 15 is 0 Å². The molecule has 0 radical (unpaired) electrons. The van der Waals surface area contributed by atoms with Crippen LogP contribution in [0.25, 0.3) is 0 Å². The molecule has 5 rings (SSSR count). The first-order chi connectivity index (χ1) is 35.5. The number of hydrogen-bond donors (Lipinski definition) is 5. The quantitative estimate of drug-likeness (QED) is 0.0814. The highest BCUT2D eigenvalue weighted by atomic mass is 127. The Morgan fingerprint density at radius 2 is 1.63 bits per heavy atom. The summed E-state index contributed by atoms with van der Waals surface area (Å²) in [6, 6.07) is 4.03. The number of esters is 1. The van der Waals surface area contributed by atoms with Gasteiger partial charge in [0.1, 0.15) is 42.7 Å². The average Bonchev–Trinajstić information content (AvgIpc) is 3.84. The van der Waals surface area contributed by atoms with Crippen molar-refractivity contribution in [3.05, 3.63) is 41.7 Å². The highest BCUT2D eigenvalue weighted by Gasteiger charge is 2.53. The van der Waals surface area contributed by atoms with Gasteiger partial charge < -0.3 is 73.2 Å². The molecule has 4 heterocycles. The minimum atomic E-state index is -3.58. The predicted octanol–water partition coefficient (Wildman–Crippen LogP) is 3.41. The predicted molar refractivity (Wildman–Crippen MR) is 286 cm³/mol. The molecule has 5 N–H and O–H groups in total. The number of aromatic nitrogens is 3. The second-order valence-corrected chi connectivity index (χ2v) is 25.5. The summed E-state index contributed by atoms with van der Waals surface area (Å²) in [4.78, 5) is 18.3. The molecule has 0 saturated carbocycles. The number of nitrogens with zero attached hydrogens (tertiary/aromatic N) is 5. The Hall–Kier alpha value is -2.12. The Bertz CT molecular complexity index is 2250. The topological polar surface area (TPSA) is 263 Å². The zero-order chi connectivity index (χ0) is 56.8. The van der Waals surface area contributed by atoms with Gasteiger partial charge in [-0.15, -0.1) is 5.10 Å². The molecule has 0 spiro atoms. The molecule has 3 aliphatic rings. The Balaban J connectivity index is 1.41. The van der Waals surface area contributed by atoms with E-state index in [0.717, 1.165) is 0 Å². The van der Waals surface area contributed by atoms with Gasteiger partial charge in [0.2, 0.25) is 0 Å². The van der Waals surface area contributed by atoms with Crippen molar-refractivity contribution in [1.29, 1.82) is 0 Å². The van der Waals surface area contributed by atoms with Gasteiger partial charge in [-0.3, -0.25) is 4.79 Å². The minimum Gasteiger partial charge on any atom is -0.448 e. The lowest BCUT2D eigenvalue weighted by Crippen LogP contribution is -2.60. The smallest absolute Gasteiger partial charge is 0.312 e. The monoisotopic (exact) mass is 1220 g/mol. The molecule has 20 atom stereocenters. The summed E-state index contributed by atoms with van der Waals surface area (Å²) >= 11 is 1.81. The number of halogens is 2. The number of methoxy groups -OCH3 is 3. The van der Waals surface area contributed by atoms with Gasteiger partial charge in [-0.1, -0.05) is 31.2 Å². The van der Waals surface area contributed by atoms with Crippen molar-refractivity contribution in [2.75, 3.05) is 67.5 Å². The fourth-order valence-electron chi connectivity index (χ4n) is 11.1. The molecule has 2 aromatic rings. The molecule has 436 valence electrons. The highest BCUT2D eigenvalue weighted by molar-refractivity contribution is 14.1. The van der Waals surface area contributed by atoms with E-state index in [1.807, 2.05) is 53.3 Å². The summed E-state index contributed by atoms with van der Waals surface area (Å²) in [6.45, 7) is 15.4. The van der Waals surface area contributed by atoms with E-state index in [9.17, 15) is 43.1 Å². The Morgan fingerprint density at radius 1 is 0.974 bits per heavy atom. The van der Waals surface area contributed by atoms with E-state index in [1.165, 1.54) is 45.1 Å². The Morgan fingerprint density at radius 3 is 2.24 bits per heavy atom. The fourth-order valence-corrected chi connectivity index (χ4v) is 12.9. The maximum atomic E-state index is 14.9. The molecule has 0 aliphatic carbocycles. The van der Waals surface area contributed by atoms with Gasteiger partial charge in [-0.2, -0.15) is 0 Å². The van der Waals surface area contributed by atoms with Crippen LogP contribution in [0, 0.1) is 17.8 Å². The van der Waals surface area contributed by atoms with E-state index in [1.54, 1.807) is 66.9 Å². The first-order valence-electron chi connectivity index (χ1n) is 26.2. The average molecular weight is 1220 g/mol. The summed E-state index contributed by atoms with van der Waals surface area (Å²) in [5, 5.41) is 68.0. The van der Waals surface area contributed by atoms with Crippen LogP contribution in [0.5, 0.6) is 0 Å². The molecule has 3 saturated heterocycles. The van der Waals surface area contributed by atoms with Crippen molar-refractivity contribution in [2.24, 2.45) is 17.8 Å². The molecule has 0 unspecified atom stereocenters. The lowest BCUT2D eigenvalue weighted by Gasteiger charge is -2.49. The van der Waals surface area contributed by atoms with Crippen LogP contribution in [0.2, 0.25) is 0 Å². The molecule has 0 amide bonds. The summed E-state index contributed by atoms with van der Waals surface area (Å²) < 4.78 is 89.2. The van der Waals surface area contributed by atoms with Crippen molar-refractivity contribution in [3.63, 3.8) is 0 Å². The fraction of sp³-hybridized carbons (Fsp3) is 0.827. The van der Waals surface area contributed by atoms with Gasteiger partial charge in [-0.05, 0) is 122 Å². The van der Waals surface area contributed by atoms with Gasteiger partial charge in [-0.25, -0.2) is 17.5 Å². The second-order valence-electron chi connectivity index (χ2n) is 22.3. The number of aliphatic hydroxyl groups is 5. The summed E-state index contributed by atoms with van der Waals surface area (Å²) in [5.74, 6) is -3.17. The maximum absolute atomic E-state index is 14.9. The minimum absolute atomic E-state index is 0.0465. The molecule has 1 aromatic heterocycles. The normalized spacial score (nSPS) is 38.8. The largest absolute Gasteiger partial charge is 0.448 e. The first-order valence-corrected chi connectivity index (χ1v) is 29.1. The molecule has 76 heavy (non-hydrogen) atoms. The molecule has 24 heteroatoms. The SMILES string of the molecule is COCCS(=O)(=O)c1ccc([C@@H](OC)[C@@H](CF)n2cc(CCN(C)[C@H]3C[C@@H](C)O[C@@H](O[C@@H]4[C@@H](C)[C@H](O[C@H]5C[C@@](C)(OC)[C@@H](O)[C@H](C)O5)[C@@H](C)C(=O)O[C@H](I)[C@@](C)(O)[C@H](O)[C@@H](C)N(C)C[C@H](C)C[C@@]4(C)O)[C@@H]3O)nn2)cc1. The van der Waals surface area contributed by atoms with Gasteiger partial charge in [0, 0.05) is 71.5 Å². The van der Waals surface area contributed by atoms with Crippen LogP contribution in [0.15, 0.2) is 35.4 Å². The van der Waals surface area contributed by atoms with Crippen molar-refractivity contribution in [3.8, 4) is 0 Å². The number of carbonyl (C=O) groups is 1. The van der Waals surface area contributed by atoms with E-state index < -0.39 is 135 Å². The lowest BCUT2D eigenvalue weighted by molar-refractivity contribution is -0.318. The number of likely N-dealkylation sites (N-methyl/N-ethyl adjacent to an activating group) is 2. The standard InChI is InChI=1S/C52H87FIN5O16S/c1-29-24-50(7,64)46(31(3)42(73-40-25-51(8,70-14)45(62)34(6)72-40)32(4)47(63)75-49(54)52(9,65)44(61)33(5)58(11)27-29)74-48-41(60)38(23-30(2)71-48)57(10)20-19-36-28-59(56-55-36)39(26-53)43(69-13)35-15-17-37(18-16-35)76(66,67)22-21-68-12/h15-18,28-34,38-46,48-49,60-62,64-65H,19-27H2,1-14H3/t29-,30-,31+,32-,33-,34+,38+,39-,40+,41-,42+,43-,44-,45+,46-,48+,49+,50-,51-,52+/m1/s1. The third-order valence-electron chi connectivity index (χ3n) is 16.0. The van der Waals surface area contributed by atoms with Crippen LogP contribution < -0.4 is 0 Å². The van der Waals surface area contributed by atoms with Gasteiger partial charge in [0.25, 0.3) is 0 Å². The Kier molecular flexibility index (Phi) is 23.1. The number of alkyl halides is 2. The lowest BCUT2D eigenvalue weighted by atomic mass is 9.77.